The second-order valence-corrected chi connectivity index (χ2v) is 8.93. The van der Waals surface area contributed by atoms with E-state index in [1.807, 2.05) is 39.5 Å². The SMILES string of the molecule is CC.CCC(CC)(CCO)C(=O)N[C@H](C)CSCC(C)C.CCC(CC)CC. The van der Waals surface area contributed by atoms with E-state index in [2.05, 4.69) is 46.9 Å². The van der Waals surface area contributed by atoms with Gasteiger partial charge in [0.25, 0.3) is 0 Å². The van der Waals surface area contributed by atoms with Crippen LogP contribution in [0.1, 0.15) is 108 Å². The molecule has 0 aliphatic rings. The summed E-state index contributed by atoms with van der Waals surface area (Å²) in [5, 5.41) is 12.3. The maximum Gasteiger partial charge on any atom is 0.226 e. The fourth-order valence-electron chi connectivity index (χ4n) is 3.02. The Morgan fingerprint density at radius 3 is 1.68 bits per heavy atom. The van der Waals surface area contributed by atoms with Crippen molar-refractivity contribution >= 4 is 17.7 Å². The number of carbonyl (C=O) groups excluding carboxylic acids is 1. The first-order chi connectivity index (χ1) is 13.3. The third kappa shape index (κ3) is 15.7. The van der Waals surface area contributed by atoms with Gasteiger partial charge < -0.3 is 10.4 Å². The van der Waals surface area contributed by atoms with Crippen LogP contribution in [0.3, 0.4) is 0 Å². The van der Waals surface area contributed by atoms with Crippen LogP contribution in [-0.4, -0.2) is 35.2 Å². The van der Waals surface area contributed by atoms with Crippen LogP contribution in [-0.2, 0) is 4.79 Å². The molecule has 1 atom stereocenters. The zero-order chi connectivity index (χ0) is 22.6. The molecule has 0 aromatic carbocycles. The Balaban J connectivity index is -0.000000581. The van der Waals surface area contributed by atoms with Gasteiger partial charge in [-0.3, -0.25) is 4.79 Å². The maximum absolute atomic E-state index is 12.4. The average molecular weight is 420 g/mol. The predicted octanol–water partition coefficient (Wildman–Crippen LogP) is 6.93. The van der Waals surface area contributed by atoms with Gasteiger partial charge >= 0.3 is 0 Å². The second kappa shape index (κ2) is 21.5. The maximum atomic E-state index is 12.4. The normalized spacial score (nSPS) is 12.0. The van der Waals surface area contributed by atoms with E-state index in [9.17, 15) is 4.79 Å². The first-order valence-electron chi connectivity index (χ1n) is 11.8. The van der Waals surface area contributed by atoms with Crippen molar-refractivity contribution < 1.29 is 9.90 Å². The fourth-order valence-corrected chi connectivity index (χ4v) is 4.06. The molecule has 0 aliphatic carbocycles. The number of hydrogen-bond acceptors (Lipinski definition) is 3. The number of thioether (sulfide) groups is 1. The zero-order valence-corrected chi connectivity index (χ0v) is 21.7. The van der Waals surface area contributed by atoms with Gasteiger partial charge in [0.1, 0.15) is 0 Å². The van der Waals surface area contributed by atoms with Crippen LogP contribution in [0, 0.1) is 17.3 Å². The zero-order valence-electron chi connectivity index (χ0n) is 20.9. The van der Waals surface area contributed by atoms with Crippen molar-refractivity contribution in [1.82, 2.24) is 5.32 Å². The van der Waals surface area contributed by atoms with E-state index >= 15 is 0 Å². The van der Waals surface area contributed by atoms with Crippen LogP contribution in [0.25, 0.3) is 0 Å². The lowest BCUT2D eigenvalue weighted by molar-refractivity contribution is -0.133. The van der Waals surface area contributed by atoms with Gasteiger partial charge in [-0.1, -0.05) is 81.6 Å². The molecule has 0 spiro atoms. The molecule has 3 nitrogen and oxygen atoms in total. The molecular formula is C24H53NO2S. The Morgan fingerprint density at radius 1 is 0.929 bits per heavy atom. The van der Waals surface area contributed by atoms with Crippen molar-refractivity contribution in [2.75, 3.05) is 18.1 Å². The Kier molecular flexibility index (Phi) is 24.9. The first kappa shape index (κ1) is 32.4. The lowest BCUT2D eigenvalue weighted by Crippen LogP contribution is -2.45. The van der Waals surface area contributed by atoms with E-state index in [4.69, 9.17) is 5.11 Å². The highest BCUT2D eigenvalue weighted by molar-refractivity contribution is 7.99. The molecule has 28 heavy (non-hydrogen) atoms. The molecule has 0 aromatic heterocycles. The minimum absolute atomic E-state index is 0.0750. The second-order valence-electron chi connectivity index (χ2n) is 7.86. The summed E-state index contributed by atoms with van der Waals surface area (Å²) in [4.78, 5) is 12.4. The lowest BCUT2D eigenvalue weighted by Gasteiger charge is -2.31. The van der Waals surface area contributed by atoms with Gasteiger partial charge in [0.15, 0.2) is 0 Å². The smallest absolute Gasteiger partial charge is 0.226 e. The first-order valence-corrected chi connectivity index (χ1v) is 12.9. The highest BCUT2D eigenvalue weighted by atomic mass is 32.2. The summed E-state index contributed by atoms with van der Waals surface area (Å²) >= 11 is 1.89. The van der Waals surface area contributed by atoms with Gasteiger partial charge in [-0.05, 0) is 43.8 Å². The predicted molar refractivity (Wildman–Crippen MR) is 130 cm³/mol. The molecule has 0 unspecified atom stereocenters. The number of nitrogens with one attached hydrogen (secondary N) is 1. The average Bonchev–Trinajstić information content (AvgIpc) is 2.69. The molecule has 2 N–H and O–H groups in total. The molecule has 0 saturated carbocycles. The number of aliphatic hydroxyl groups excluding tert-OH is 1. The Labute approximate surface area is 182 Å². The van der Waals surface area contributed by atoms with Gasteiger partial charge in [-0.15, -0.1) is 0 Å². The van der Waals surface area contributed by atoms with Crippen LogP contribution < -0.4 is 5.32 Å². The molecular weight excluding hydrogens is 366 g/mol. The summed E-state index contributed by atoms with van der Waals surface area (Å²) in [6.45, 7) is 21.4. The van der Waals surface area contributed by atoms with Gasteiger partial charge in [-0.25, -0.2) is 0 Å². The molecule has 0 fully saturated rings. The van der Waals surface area contributed by atoms with E-state index < -0.39 is 5.41 Å². The highest BCUT2D eigenvalue weighted by Gasteiger charge is 2.34. The molecule has 172 valence electrons. The third-order valence-corrected chi connectivity index (χ3v) is 6.99. The molecule has 4 heteroatoms. The van der Waals surface area contributed by atoms with E-state index in [0.717, 1.165) is 30.3 Å². The summed E-state index contributed by atoms with van der Waals surface area (Å²) < 4.78 is 0. The Hall–Kier alpha value is -0.220. The fraction of sp³-hybridized carbons (Fsp3) is 0.958. The van der Waals surface area contributed by atoms with Crippen molar-refractivity contribution in [3.63, 3.8) is 0 Å². The summed E-state index contributed by atoms with van der Waals surface area (Å²) in [6.07, 6.45) is 6.17. The van der Waals surface area contributed by atoms with Crippen molar-refractivity contribution in [2.45, 2.75) is 114 Å². The van der Waals surface area contributed by atoms with Crippen LogP contribution in [0.4, 0.5) is 0 Å². The van der Waals surface area contributed by atoms with Crippen molar-refractivity contribution in [3.05, 3.63) is 0 Å². The molecule has 0 heterocycles. The summed E-state index contributed by atoms with van der Waals surface area (Å²) in [5.41, 5.74) is -0.397. The number of hydrogen-bond donors (Lipinski definition) is 2. The minimum Gasteiger partial charge on any atom is -0.396 e. The molecule has 0 aromatic rings. The topological polar surface area (TPSA) is 49.3 Å². The minimum atomic E-state index is -0.397. The van der Waals surface area contributed by atoms with Gasteiger partial charge in [-0.2, -0.15) is 11.8 Å². The van der Waals surface area contributed by atoms with E-state index in [-0.39, 0.29) is 18.6 Å². The Bertz CT molecular complexity index is 321. The summed E-state index contributed by atoms with van der Waals surface area (Å²) in [7, 11) is 0. The molecule has 0 saturated heterocycles. The van der Waals surface area contributed by atoms with E-state index in [1.165, 1.54) is 19.3 Å². The number of rotatable bonds is 13. The Morgan fingerprint density at radius 2 is 1.39 bits per heavy atom. The molecule has 0 aliphatic heterocycles. The van der Waals surface area contributed by atoms with Crippen molar-refractivity contribution in [3.8, 4) is 0 Å². The molecule has 0 bridgehead atoms. The largest absolute Gasteiger partial charge is 0.396 e. The number of carbonyl (C=O) groups is 1. The van der Waals surface area contributed by atoms with Gasteiger partial charge in [0.05, 0.1) is 5.41 Å². The third-order valence-electron chi connectivity index (χ3n) is 5.35. The van der Waals surface area contributed by atoms with Crippen LogP contribution >= 0.6 is 11.8 Å². The van der Waals surface area contributed by atoms with Gasteiger partial charge in [0, 0.05) is 18.4 Å². The van der Waals surface area contributed by atoms with E-state index in [1.54, 1.807) is 0 Å². The van der Waals surface area contributed by atoms with Crippen LogP contribution in [0.5, 0.6) is 0 Å². The monoisotopic (exact) mass is 419 g/mol. The van der Waals surface area contributed by atoms with E-state index in [0.29, 0.717) is 12.3 Å². The summed E-state index contributed by atoms with van der Waals surface area (Å²) in [5.74, 6) is 3.85. The van der Waals surface area contributed by atoms with Crippen LogP contribution in [0.15, 0.2) is 0 Å². The molecule has 0 rings (SSSR count). The van der Waals surface area contributed by atoms with Gasteiger partial charge in [0.2, 0.25) is 5.91 Å². The lowest BCUT2D eigenvalue weighted by atomic mass is 9.78. The highest BCUT2D eigenvalue weighted by Crippen LogP contribution is 2.30. The summed E-state index contributed by atoms with van der Waals surface area (Å²) in [6, 6.07) is 0.187. The van der Waals surface area contributed by atoms with Crippen molar-refractivity contribution in [2.24, 2.45) is 17.3 Å². The molecule has 0 radical (unpaired) electrons. The number of aliphatic hydroxyl groups is 1. The quantitative estimate of drug-likeness (QED) is 0.340. The van der Waals surface area contributed by atoms with Crippen LogP contribution in [0.2, 0.25) is 0 Å². The molecule has 1 amide bonds. The number of amides is 1. The standard InChI is InChI=1S/C15H31NO2S.C7H16.C2H6/c1-6-15(7-2,8-9-17)14(18)16-13(5)11-19-10-12(3)4;1-4-7(5-2)6-3;1-2/h12-13,17H,6-11H2,1-5H3,(H,16,18);7H,4-6H2,1-3H3;1-2H3/t13-;;/m1../s1. The van der Waals surface area contributed by atoms with Crippen molar-refractivity contribution in [1.29, 1.82) is 0 Å².